The SMILES string of the molecule is CN(c1cc(C(=O)Nc2ccc(SNCC(O)CO)cc2)ncn1)C1CCCCC1. The molecule has 30 heavy (non-hydrogen) atoms. The molecule has 9 heteroatoms. The first-order valence-electron chi connectivity index (χ1n) is 10.2. The van der Waals surface area contributed by atoms with Gasteiger partial charge in [0.2, 0.25) is 0 Å². The van der Waals surface area contributed by atoms with Gasteiger partial charge in [-0.1, -0.05) is 19.3 Å². The first-order chi connectivity index (χ1) is 14.6. The van der Waals surface area contributed by atoms with Gasteiger partial charge in [0.15, 0.2) is 0 Å². The van der Waals surface area contributed by atoms with Crippen molar-refractivity contribution in [2.75, 3.05) is 30.4 Å². The standard InChI is InChI=1S/C21H29N5O3S/c1-26(16-5-3-2-4-6-16)20-11-19(22-14-23-20)21(29)25-15-7-9-18(10-8-15)30-24-12-17(28)13-27/h7-11,14,16-17,24,27-28H,2-6,12-13H2,1H3,(H,25,29). The average Bonchev–Trinajstić information content (AvgIpc) is 2.80. The molecule has 0 bridgehead atoms. The number of nitrogens with one attached hydrogen (secondary N) is 2. The number of benzene rings is 1. The third kappa shape index (κ3) is 6.40. The summed E-state index contributed by atoms with van der Waals surface area (Å²) in [6.07, 6.45) is 6.72. The third-order valence-corrected chi connectivity index (χ3v) is 6.02. The van der Waals surface area contributed by atoms with Gasteiger partial charge in [0.05, 0.1) is 12.7 Å². The largest absolute Gasteiger partial charge is 0.394 e. The summed E-state index contributed by atoms with van der Waals surface area (Å²) in [7, 11) is 2.03. The van der Waals surface area contributed by atoms with Gasteiger partial charge in [0, 0.05) is 36.3 Å². The van der Waals surface area contributed by atoms with Crippen molar-refractivity contribution in [1.82, 2.24) is 14.7 Å². The van der Waals surface area contributed by atoms with E-state index in [4.69, 9.17) is 5.11 Å². The summed E-state index contributed by atoms with van der Waals surface area (Å²) in [5, 5.41) is 21.0. The van der Waals surface area contributed by atoms with Crippen LogP contribution < -0.4 is 14.9 Å². The maximum absolute atomic E-state index is 12.6. The highest BCUT2D eigenvalue weighted by molar-refractivity contribution is 7.97. The van der Waals surface area contributed by atoms with E-state index in [9.17, 15) is 9.90 Å². The van der Waals surface area contributed by atoms with Crippen molar-refractivity contribution in [2.45, 2.75) is 49.1 Å². The monoisotopic (exact) mass is 431 g/mol. The summed E-state index contributed by atoms with van der Waals surface area (Å²) in [5.41, 5.74) is 1.00. The first kappa shape index (κ1) is 22.5. The number of aliphatic hydroxyl groups excluding tert-OH is 2. The van der Waals surface area contributed by atoms with Crippen LogP contribution in [0.4, 0.5) is 11.5 Å². The van der Waals surface area contributed by atoms with Crippen LogP contribution in [0.15, 0.2) is 41.6 Å². The van der Waals surface area contributed by atoms with Crippen molar-refractivity contribution in [3.8, 4) is 0 Å². The molecule has 1 fully saturated rings. The van der Waals surface area contributed by atoms with Gasteiger partial charge in [-0.2, -0.15) is 0 Å². The Bertz CT molecular complexity index is 815. The second-order valence-corrected chi connectivity index (χ2v) is 8.39. The van der Waals surface area contributed by atoms with E-state index >= 15 is 0 Å². The third-order valence-electron chi connectivity index (χ3n) is 5.20. The number of aliphatic hydroxyl groups is 2. The molecule has 1 aliphatic carbocycles. The highest BCUT2D eigenvalue weighted by Crippen LogP contribution is 2.25. The van der Waals surface area contributed by atoms with Crippen molar-refractivity contribution < 1.29 is 15.0 Å². The Kier molecular flexibility index (Phi) is 8.44. The molecule has 1 unspecified atom stereocenters. The Morgan fingerprint density at radius 1 is 1.23 bits per heavy atom. The van der Waals surface area contributed by atoms with Crippen molar-refractivity contribution in [3.63, 3.8) is 0 Å². The maximum atomic E-state index is 12.6. The van der Waals surface area contributed by atoms with Gasteiger partial charge in [0.25, 0.3) is 5.91 Å². The fraction of sp³-hybridized carbons (Fsp3) is 0.476. The molecule has 2 aromatic rings. The lowest BCUT2D eigenvalue weighted by Crippen LogP contribution is -2.34. The molecular weight excluding hydrogens is 402 g/mol. The summed E-state index contributed by atoms with van der Waals surface area (Å²) < 4.78 is 2.98. The molecular formula is C21H29N5O3S. The lowest BCUT2D eigenvalue weighted by Gasteiger charge is -2.32. The molecule has 162 valence electrons. The molecule has 4 N–H and O–H groups in total. The van der Waals surface area contributed by atoms with Crippen LogP contribution in [0, 0.1) is 0 Å². The number of carbonyl (C=O) groups is 1. The van der Waals surface area contributed by atoms with Gasteiger partial charge < -0.3 is 20.4 Å². The highest BCUT2D eigenvalue weighted by atomic mass is 32.2. The van der Waals surface area contributed by atoms with Crippen LogP contribution in [-0.4, -0.2) is 58.4 Å². The van der Waals surface area contributed by atoms with Gasteiger partial charge in [-0.3, -0.25) is 9.52 Å². The Labute approximate surface area is 181 Å². The Morgan fingerprint density at radius 3 is 2.67 bits per heavy atom. The highest BCUT2D eigenvalue weighted by Gasteiger charge is 2.20. The van der Waals surface area contributed by atoms with Crippen LogP contribution in [0.3, 0.4) is 0 Å². The number of hydrogen-bond acceptors (Lipinski definition) is 8. The zero-order valence-corrected chi connectivity index (χ0v) is 17.9. The molecule has 0 aliphatic heterocycles. The molecule has 1 aromatic heterocycles. The van der Waals surface area contributed by atoms with Gasteiger partial charge in [0.1, 0.15) is 17.8 Å². The number of anilines is 2. The van der Waals surface area contributed by atoms with Crippen LogP contribution in [0.2, 0.25) is 0 Å². The van der Waals surface area contributed by atoms with E-state index in [1.807, 2.05) is 19.2 Å². The van der Waals surface area contributed by atoms with E-state index in [1.54, 1.807) is 18.2 Å². The van der Waals surface area contributed by atoms with E-state index in [1.165, 1.54) is 37.5 Å². The summed E-state index contributed by atoms with van der Waals surface area (Å²) in [5.74, 6) is 0.491. The van der Waals surface area contributed by atoms with E-state index in [0.29, 0.717) is 17.4 Å². The minimum Gasteiger partial charge on any atom is -0.394 e. The summed E-state index contributed by atoms with van der Waals surface area (Å²) in [4.78, 5) is 24.2. The molecule has 0 spiro atoms. The van der Waals surface area contributed by atoms with Crippen LogP contribution in [0.25, 0.3) is 0 Å². The fourth-order valence-electron chi connectivity index (χ4n) is 3.41. The van der Waals surface area contributed by atoms with Crippen LogP contribution in [-0.2, 0) is 0 Å². The second-order valence-electron chi connectivity index (χ2n) is 7.43. The first-order valence-corrected chi connectivity index (χ1v) is 11.0. The number of aromatic nitrogens is 2. The zero-order valence-electron chi connectivity index (χ0n) is 17.1. The van der Waals surface area contributed by atoms with Gasteiger partial charge in [-0.25, -0.2) is 9.97 Å². The van der Waals surface area contributed by atoms with Crippen LogP contribution >= 0.6 is 11.9 Å². The van der Waals surface area contributed by atoms with E-state index in [-0.39, 0.29) is 19.1 Å². The summed E-state index contributed by atoms with van der Waals surface area (Å²) in [6.45, 7) is 0.00470. The van der Waals surface area contributed by atoms with Crippen molar-refractivity contribution in [1.29, 1.82) is 0 Å². The van der Waals surface area contributed by atoms with Gasteiger partial charge in [-0.05, 0) is 49.1 Å². The molecule has 1 amide bonds. The predicted octanol–water partition coefficient (Wildman–Crippen LogP) is 2.45. The average molecular weight is 432 g/mol. The number of carbonyl (C=O) groups excluding carboxylic acids is 1. The van der Waals surface area contributed by atoms with Crippen molar-refractivity contribution in [2.24, 2.45) is 0 Å². The number of nitrogens with zero attached hydrogens (tertiary/aromatic N) is 3. The normalized spacial score (nSPS) is 15.6. The Morgan fingerprint density at radius 2 is 1.97 bits per heavy atom. The minimum atomic E-state index is -0.786. The van der Waals surface area contributed by atoms with E-state index in [0.717, 1.165) is 23.6 Å². The van der Waals surface area contributed by atoms with Gasteiger partial charge >= 0.3 is 0 Å². The molecule has 0 saturated heterocycles. The van der Waals surface area contributed by atoms with Gasteiger partial charge in [-0.15, -0.1) is 0 Å². The molecule has 3 rings (SSSR count). The molecule has 0 radical (unpaired) electrons. The molecule has 1 atom stereocenters. The number of hydrogen-bond donors (Lipinski definition) is 4. The fourth-order valence-corrected chi connectivity index (χ4v) is 4.12. The Hall–Kier alpha value is -2.20. The summed E-state index contributed by atoms with van der Waals surface area (Å²) >= 11 is 1.35. The van der Waals surface area contributed by atoms with Crippen LogP contribution in [0.1, 0.15) is 42.6 Å². The lowest BCUT2D eigenvalue weighted by molar-refractivity contribution is 0.0994. The lowest BCUT2D eigenvalue weighted by atomic mass is 9.94. The Balaban J connectivity index is 1.56. The van der Waals surface area contributed by atoms with E-state index in [2.05, 4.69) is 24.9 Å². The van der Waals surface area contributed by atoms with E-state index < -0.39 is 6.10 Å². The number of amides is 1. The summed E-state index contributed by atoms with van der Waals surface area (Å²) in [6, 6.07) is 9.54. The molecule has 8 nitrogen and oxygen atoms in total. The zero-order chi connectivity index (χ0) is 21.3. The molecule has 1 aliphatic rings. The predicted molar refractivity (Wildman–Crippen MR) is 119 cm³/mol. The number of rotatable bonds is 9. The van der Waals surface area contributed by atoms with Crippen molar-refractivity contribution >= 4 is 29.4 Å². The smallest absolute Gasteiger partial charge is 0.274 e. The topological polar surface area (TPSA) is 111 Å². The molecule has 1 saturated carbocycles. The minimum absolute atomic E-state index is 0.278. The molecule has 1 aromatic carbocycles. The van der Waals surface area contributed by atoms with Crippen molar-refractivity contribution in [3.05, 3.63) is 42.4 Å². The second kappa shape index (κ2) is 11.3. The quantitative estimate of drug-likeness (QED) is 0.448. The maximum Gasteiger partial charge on any atom is 0.274 e. The van der Waals surface area contributed by atoms with Crippen LogP contribution in [0.5, 0.6) is 0 Å². The molecule has 1 heterocycles.